The molecular weight excluding hydrogens is 338 g/mol. The average molecular weight is 367 g/mol. The van der Waals surface area contributed by atoms with Gasteiger partial charge in [0.25, 0.3) is 0 Å². The van der Waals surface area contributed by atoms with E-state index in [0.717, 1.165) is 38.4 Å². The van der Waals surface area contributed by atoms with Crippen molar-refractivity contribution in [2.45, 2.75) is 26.1 Å². The summed E-state index contributed by atoms with van der Waals surface area (Å²) in [5, 5.41) is 6.24. The van der Waals surface area contributed by atoms with Crippen LogP contribution in [0.25, 0.3) is 0 Å². The van der Waals surface area contributed by atoms with Crippen molar-refractivity contribution in [1.29, 1.82) is 0 Å². The molecule has 1 heterocycles. The van der Waals surface area contributed by atoms with Gasteiger partial charge in [0.05, 0.1) is 19.8 Å². The zero-order valence-corrected chi connectivity index (χ0v) is 16.0. The van der Waals surface area contributed by atoms with Crippen molar-refractivity contribution in [3.63, 3.8) is 0 Å². The molecule has 1 amide bonds. The molecule has 5 nitrogen and oxygen atoms in total. The van der Waals surface area contributed by atoms with Crippen LogP contribution in [0.15, 0.2) is 54.6 Å². The fourth-order valence-corrected chi connectivity index (χ4v) is 3.15. The summed E-state index contributed by atoms with van der Waals surface area (Å²) in [6, 6.07) is 18.8. The third-order valence-electron chi connectivity index (χ3n) is 4.89. The van der Waals surface area contributed by atoms with Gasteiger partial charge in [0.15, 0.2) is 0 Å². The Morgan fingerprint density at radius 1 is 1.04 bits per heavy atom. The molecule has 0 spiro atoms. The largest absolute Gasteiger partial charge is 0.379 e. The number of benzene rings is 2. The summed E-state index contributed by atoms with van der Waals surface area (Å²) in [4.78, 5) is 14.5. The summed E-state index contributed by atoms with van der Waals surface area (Å²) in [5.41, 5.74) is 3.59. The lowest BCUT2D eigenvalue weighted by Crippen LogP contribution is -2.35. The Morgan fingerprint density at radius 3 is 2.41 bits per heavy atom. The second-order valence-corrected chi connectivity index (χ2v) is 7.00. The number of ether oxygens (including phenoxy) is 1. The minimum atomic E-state index is 0.00942. The number of nitrogens with one attached hydrogen (secondary N) is 2. The number of amides is 1. The van der Waals surface area contributed by atoms with Gasteiger partial charge in [-0.15, -0.1) is 0 Å². The average Bonchev–Trinajstić information content (AvgIpc) is 2.73. The van der Waals surface area contributed by atoms with E-state index in [1.54, 1.807) is 0 Å². The van der Waals surface area contributed by atoms with E-state index in [-0.39, 0.29) is 11.9 Å². The first kappa shape index (κ1) is 19.5. The summed E-state index contributed by atoms with van der Waals surface area (Å²) in [7, 11) is 0. The summed E-state index contributed by atoms with van der Waals surface area (Å²) in [6.45, 7) is 7.51. The van der Waals surface area contributed by atoms with Crippen LogP contribution in [0.5, 0.6) is 0 Å². The Kier molecular flexibility index (Phi) is 7.39. The number of morpholine rings is 1. The van der Waals surface area contributed by atoms with Gasteiger partial charge in [-0.2, -0.15) is 0 Å². The van der Waals surface area contributed by atoms with Crippen molar-refractivity contribution in [3.05, 3.63) is 71.3 Å². The molecule has 0 aromatic heterocycles. The molecule has 0 bridgehead atoms. The van der Waals surface area contributed by atoms with E-state index in [0.29, 0.717) is 13.1 Å². The Bertz CT molecular complexity index is 697. The van der Waals surface area contributed by atoms with Gasteiger partial charge in [-0.05, 0) is 23.6 Å². The van der Waals surface area contributed by atoms with Crippen molar-refractivity contribution in [2.75, 3.05) is 32.8 Å². The van der Waals surface area contributed by atoms with Crippen LogP contribution in [-0.4, -0.2) is 43.7 Å². The van der Waals surface area contributed by atoms with Crippen LogP contribution in [-0.2, 0) is 22.6 Å². The highest BCUT2D eigenvalue weighted by molar-refractivity contribution is 5.78. The van der Waals surface area contributed by atoms with Crippen molar-refractivity contribution in [3.8, 4) is 0 Å². The van der Waals surface area contributed by atoms with Gasteiger partial charge in [-0.1, -0.05) is 54.6 Å². The van der Waals surface area contributed by atoms with Gasteiger partial charge in [0.2, 0.25) is 5.91 Å². The molecule has 3 rings (SSSR count). The van der Waals surface area contributed by atoms with Gasteiger partial charge in [0.1, 0.15) is 0 Å². The van der Waals surface area contributed by atoms with Gasteiger partial charge in [-0.25, -0.2) is 0 Å². The highest BCUT2D eigenvalue weighted by atomic mass is 16.5. The van der Waals surface area contributed by atoms with E-state index in [4.69, 9.17) is 4.74 Å². The molecule has 1 atom stereocenters. The lowest BCUT2D eigenvalue weighted by atomic mass is 10.1. The minimum Gasteiger partial charge on any atom is -0.379 e. The van der Waals surface area contributed by atoms with Crippen LogP contribution in [0.1, 0.15) is 29.7 Å². The molecule has 2 aromatic carbocycles. The second kappa shape index (κ2) is 10.2. The maximum atomic E-state index is 12.1. The van der Waals surface area contributed by atoms with Crippen molar-refractivity contribution < 1.29 is 9.53 Å². The summed E-state index contributed by atoms with van der Waals surface area (Å²) in [6.07, 6.45) is 0. The SMILES string of the molecule is C[C@H](NCC(=O)NCc1ccc(CN2CCOCC2)cc1)c1ccccc1. The van der Waals surface area contributed by atoms with E-state index < -0.39 is 0 Å². The minimum absolute atomic E-state index is 0.00942. The lowest BCUT2D eigenvalue weighted by molar-refractivity contribution is -0.120. The maximum absolute atomic E-state index is 12.1. The maximum Gasteiger partial charge on any atom is 0.234 e. The normalized spacial score (nSPS) is 16.0. The highest BCUT2D eigenvalue weighted by Gasteiger charge is 2.11. The standard InChI is InChI=1S/C22H29N3O2/c1-18(21-5-3-2-4-6-21)23-16-22(26)24-15-19-7-9-20(10-8-19)17-25-11-13-27-14-12-25/h2-10,18,23H,11-17H2,1H3,(H,24,26)/t18-/m0/s1. The first-order valence-corrected chi connectivity index (χ1v) is 9.63. The molecule has 1 aliphatic heterocycles. The zero-order chi connectivity index (χ0) is 18.9. The van der Waals surface area contributed by atoms with Gasteiger partial charge < -0.3 is 15.4 Å². The molecule has 1 aliphatic rings. The van der Waals surface area contributed by atoms with E-state index in [1.807, 2.05) is 18.2 Å². The van der Waals surface area contributed by atoms with Crippen LogP contribution in [0.4, 0.5) is 0 Å². The number of carbonyl (C=O) groups is 1. The summed E-state index contributed by atoms with van der Waals surface area (Å²) < 4.78 is 5.38. The Hall–Kier alpha value is -2.21. The number of hydrogen-bond acceptors (Lipinski definition) is 4. The third-order valence-corrected chi connectivity index (χ3v) is 4.89. The quantitative estimate of drug-likeness (QED) is 0.753. The van der Waals surface area contributed by atoms with Crippen molar-refractivity contribution in [2.24, 2.45) is 0 Å². The summed E-state index contributed by atoms with van der Waals surface area (Å²) in [5.74, 6) is 0.00942. The molecule has 144 valence electrons. The number of rotatable bonds is 8. The highest BCUT2D eigenvalue weighted by Crippen LogP contribution is 2.11. The monoisotopic (exact) mass is 367 g/mol. The van der Waals surface area contributed by atoms with Crippen LogP contribution in [0, 0.1) is 0 Å². The fraction of sp³-hybridized carbons (Fsp3) is 0.409. The molecule has 1 saturated heterocycles. The number of hydrogen-bond donors (Lipinski definition) is 2. The molecule has 0 aliphatic carbocycles. The Balaban J connectivity index is 1.38. The van der Waals surface area contributed by atoms with Gasteiger partial charge in [0, 0.05) is 32.2 Å². The molecule has 2 aromatic rings. The van der Waals surface area contributed by atoms with E-state index in [1.165, 1.54) is 11.1 Å². The van der Waals surface area contributed by atoms with E-state index in [9.17, 15) is 4.79 Å². The van der Waals surface area contributed by atoms with Gasteiger partial charge in [-0.3, -0.25) is 9.69 Å². The smallest absolute Gasteiger partial charge is 0.234 e. The predicted molar refractivity (Wildman–Crippen MR) is 107 cm³/mol. The molecule has 0 unspecified atom stereocenters. The van der Waals surface area contributed by atoms with Crippen LogP contribution < -0.4 is 10.6 Å². The second-order valence-electron chi connectivity index (χ2n) is 7.00. The molecule has 27 heavy (non-hydrogen) atoms. The van der Waals surface area contributed by atoms with E-state index in [2.05, 4.69) is 58.9 Å². The van der Waals surface area contributed by atoms with Gasteiger partial charge >= 0.3 is 0 Å². The lowest BCUT2D eigenvalue weighted by Gasteiger charge is -2.26. The van der Waals surface area contributed by atoms with Crippen molar-refractivity contribution in [1.82, 2.24) is 15.5 Å². The van der Waals surface area contributed by atoms with E-state index >= 15 is 0 Å². The topological polar surface area (TPSA) is 53.6 Å². The van der Waals surface area contributed by atoms with Crippen LogP contribution in [0.2, 0.25) is 0 Å². The zero-order valence-electron chi connectivity index (χ0n) is 16.0. The van der Waals surface area contributed by atoms with Crippen LogP contribution in [0.3, 0.4) is 0 Å². The number of carbonyl (C=O) groups excluding carboxylic acids is 1. The summed E-state index contributed by atoms with van der Waals surface area (Å²) >= 11 is 0. The molecular formula is C22H29N3O2. The molecule has 0 saturated carbocycles. The fourth-order valence-electron chi connectivity index (χ4n) is 3.15. The first-order chi connectivity index (χ1) is 13.2. The molecule has 0 radical (unpaired) electrons. The van der Waals surface area contributed by atoms with Crippen LogP contribution >= 0.6 is 0 Å². The molecule has 5 heteroatoms. The first-order valence-electron chi connectivity index (χ1n) is 9.63. The molecule has 2 N–H and O–H groups in total. The number of nitrogens with zero attached hydrogens (tertiary/aromatic N) is 1. The Morgan fingerprint density at radius 2 is 1.70 bits per heavy atom. The molecule has 1 fully saturated rings. The Labute approximate surface area is 161 Å². The van der Waals surface area contributed by atoms with Crippen molar-refractivity contribution >= 4 is 5.91 Å². The predicted octanol–water partition coefficient (Wildman–Crippen LogP) is 2.49. The third kappa shape index (κ3) is 6.47.